The molecule has 9 heteroatoms. The molecule has 0 saturated carbocycles. The molecule has 0 aliphatic rings. The summed E-state index contributed by atoms with van der Waals surface area (Å²) in [6, 6.07) is 1.84. The van der Waals surface area contributed by atoms with E-state index >= 15 is 0 Å². The first-order chi connectivity index (χ1) is 12.9. The number of ether oxygens (including phenoxy) is 2. The van der Waals surface area contributed by atoms with Gasteiger partial charge in [0.2, 0.25) is 5.91 Å². The first-order valence-corrected chi connectivity index (χ1v) is 9.63. The highest BCUT2D eigenvalue weighted by Gasteiger charge is 2.49. The van der Waals surface area contributed by atoms with Crippen LogP contribution in [0, 0.1) is 8.99 Å². The van der Waals surface area contributed by atoms with E-state index in [4.69, 9.17) is 9.47 Å². The number of fused-ring (bicyclic) bond motifs is 1. The number of carbonyl (C=O) groups is 3. The number of nitrogens with zero attached hydrogens (tertiary/aromatic N) is 1. The van der Waals surface area contributed by atoms with Crippen LogP contribution in [0.25, 0.3) is 11.0 Å². The van der Waals surface area contributed by atoms with Crippen molar-refractivity contribution in [1.82, 2.24) is 15.3 Å². The van der Waals surface area contributed by atoms with Crippen molar-refractivity contribution in [1.29, 1.82) is 0 Å². The molecule has 0 radical (unpaired) electrons. The number of aromatic amines is 1. The van der Waals surface area contributed by atoms with E-state index in [1.54, 1.807) is 26.2 Å². The van der Waals surface area contributed by atoms with Crippen LogP contribution in [0.1, 0.15) is 26.3 Å². The fourth-order valence-electron chi connectivity index (χ4n) is 2.79. The number of pyridine rings is 1. The summed E-state index contributed by atoms with van der Waals surface area (Å²) < 4.78 is 11.3. The SMILES string of the molecule is CCOC(=O)C(CNC(C)=O)(Cc1c[nH]c2nccc(I)c12)C(=O)OCC. The Morgan fingerprint density at radius 2 is 1.85 bits per heavy atom. The Bertz CT molecular complexity index is 831. The van der Waals surface area contributed by atoms with Gasteiger partial charge in [0.1, 0.15) is 5.65 Å². The molecule has 146 valence electrons. The maximum atomic E-state index is 12.8. The molecule has 0 atom stereocenters. The lowest BCUT2D eigenvalue weighted by Crippen LogP contribution is -2.51. The molecule has 0 saturated heterocycles. The standard InChI is InChI=1S/C18H22IN3O5/c1-4-26-16(24)18(10-22-11(3)23,17(25)27-5-2)8-12-9-21-15-14(12)13(19)6-7-20-15/h6-7,9H,4-5,8,10H2,1-3H3,(H,20,21)(H,22,23). The number of hydrogen-bond acceptors (Lipinski definition) is 6. The molecule has 2 heterocycles. The number of esters is 2. The van der Waals surface area contributed by atoms with Crippen molar-refractivity contribution in [3.8, 4) is 0 Å². The number of carbonyl (C=O) groups excluding carboxylic acids is 3. The molecule has 27 heavy (non-hydrogen) atoms. The van der Waals surface area contributed by atoms with E-state index in [1.165, 1.54) is 6.92 Å². The Balaban J connectivity index is 2.55. The number of nitrogens with one attached hydrogen (secondary N) is 2. The highest BCUT2D eigenvalue weighted by Crippen LogP contribution is 2.32. The molecular formula is C18H22IN3O5. The fourth-order valence-corrected chi connectivity index (χ4v) is 3.56. The summed E-state index contributed by atoms with van der Waals surface area (Å²) in [6.07, 6.45) is 3.39. The lowest BCUT2D eigenvalue weighted by Gasteiger charge is -2.29. The second-order valence-corrected chi connectivity index (χ2v) is 7.10. The van der Waals surface area contributed by atoms with Crippen molar-refractivity contribution in [2.45, 2.75) is 27.2 Å². The van der Waals surface area contributed by atoms with Crippen molar-refractivity contribution in [2.24, 2.45) is 5.41 Å². The highest BCUT2D eigenvalue weighted by atomic mass is 127. The van der Waals surface area contributed by atoms with Gasteiger partial charge in [-0.3, -0.25) is 14.4 Å². The minimum atomic E-state index is -1.69. The first-order valence-electron chi connectivity index (χ1n) is 8.55. The van der Waals surface area contributed by atoms with Crippen LogP contribution in [0.2, 0.25) is 0 Å². The minimum Gasteiger partial charge on any atom is -0.465 e. The zero-order chi connectivity index (χ0) is 20.0. The van der Waals surface area contributed by atoms with Gasteiger partial charge in [-0.1, -0.05) is 0 Å². The molecule has 2 rings (SSSR count). The van der Waals surface area contributed by atoms with Crippen molar-refractivity contribution < 1.29 is 23.9 Å². The number of hydrogen-bond donors (Lipinski definition) is 2. The van der Waals surface area contributed by atoms with Gasteiger partial charge < -0.3 is 19.8 Å². The third-order valence-electron chi connectivity index (χ3n) is 4.07. The maximum absolute atomic E-state index is 12.8. The third-order valence-corrected chi connectivity index (χ3v) is 4.97. The molecule has 0 aliphatic heterocycles. The Labute approximate surface area is 170 Å². The van der Waals surface area contributed by atoms with Crippen molar-refractivity contribution in [3.63, 3.8) is 0 Å². The molecule has 1 amide bonds. The van der Waals surface area contributed by atoms with Crippen molar-refractivity contribution in [3.05, 3.63) is 27.6 Å². The largest absolute Gasteiger partial charge is 0.465 e. The lowest BCUT2D eigenvalue weighted by molar-refractivity contribution is -0.171. The monoisotopic (exact) mass is 487 g/mol. The molecule has 0 aromatic carbocycles. The predicted molar refractivity (Wildman–Crippen MR) is 107 cm³/mol. The average Bonchev–Trinajstić information content (AvgIpc) is 3.03. The van der Waals surface area contributed by atoms with Crippen LogP contribution in [-0.4, -0.2) is 47.6 Å². The van der Waals surface area contributed by atoms with Gasteiger partial charge in [0.05, 0.1) is 13.2 Å². The molecule has 2 aromatic rings. The Morgan fingerprint density at radius 1 is 1.22 bits per heavy atom. The molecule has 0 aliphatic carbocycles. The normalized spacial score (nSPS) is 11.3. The van der Waals surface area contributed by atoms with Crippen LogP contribution in [0.15, 0.2) is 18.5 Å². The van der Waals surface area contributed by atoms with Gasteiger partial charge in [-0.15, -0.1) is 0 Å². The van der Waals surface area contributed by atoms with Crippen LogP contribution in [0.4, 0.5) is 0 Å². The molecule has 0 bridgehead atoms. The molecule has 8 nitrogen and oxygen atoms in total. The summed E-state index contributed by atoms with van der Waals surface area (Å²) in [7, 11) is 0. The highest BCUT2D eigenvalue weighted by molar-refractivity contribution is 14.1. The number of aromatic nitrogens is 2. The summed E-state index contributed by atoms with van der Waals surface area (Å²) >= 11 is 2.17. The molecule has 2 aromatic heterocycles. The molecular weight excluding hydrogens is 465 g/mol. The zero-order valence-corrected chi connectivity index (χ0v) is 17.6. The van der Waals surface area contributed by atoms with E-state index < -0.39 is 17.4 Å². The average molecular weight is 487 g/mol. The first kappa shape index (κ1) is 21.1. The number of halogens is 1. The third kappa shape index (κ3) is 4.57. The minimum absolute atomic E-state index is 0.00659. The van der Waals surface area contributed by atoms with Gasteiger partial charge in [0, 0.05) is 41.2 Å². The quantitative estimate of drug-likeness (QED) is 0.335. The summed E-state index contributed by atoms with van der Waals surface area (Å²) in [4.78, 5) is 44.5. The molecule has 0 spiro atoms. The van der Waals surface area contributed by atoms with Gasteiger partial charge in [0.15, 0.2) is 5.41 Å². The summed E-state index contributed by atoms with van der Waals surface area (Å²) in [5, 5.41) is 3.39. The summed E-state index contributed by atoms with van der Waals surface area (Å²) in [5.74, 6) is -1.82. The smallest absolute Gasteiger partial charge is 0.325 e. The molecule has 2 N–H and O–H groups in total. The van der Waals surface area contributed by atoms with E-state index in [0.29, 0.717) is 11.2 Å². The lowest BCUT2D eigenvalue weighted by atomic mass is 9.81. The summed E-state index contributed by atoms with van der Waals surface area (Å²) in [5.41, 5.74) is -0.321. The maximum Gasteiger partial charge on any atom is 0.325 e. The van der Waals surface area contributed by atoms with Crippen LogP contribution in [0.5, 0.6) is 0 Å². The summed E-state index contributed by atoms with van der Waals surface area (Å²) in [6.45, 7) is 4.62. The number of amides is 1. The van der Waals surface area contributed by atoms with E-state index in [1.807, 2.05) is 6.07 Å². The van der Waals surface area contributed by atoms with Gasteiger partial charge in [-0.2, -0.15) is 0 Å². The van der Waals surface area contributed by atoms with Crippen molar-refractivity contribution >= 4 is 51.5 Å². The number of rotatable bonds is 8. The van der Waals surface area contributed by atoms with E-state index in [9.17, 15) is 14.4 Å². The molecule has 0 unspecified atom stereocenters. The van der Waals surface area contributed by atoms with Gasteiger partial charge >= 0.3 is 11.9 Å². The molecule has 0 fully saturated rings. The van der Waals surface area contributed by atoms with Crippen LogP contribution in [-0.2, 0) is 30.3 Å². The van der Waals surface area contributed by atoms with Crippen molar-refractivity contribution in [2.75, 3.05) is 19.8 Å². The van der Waals surface area contributed by atoms with Crippen LogP contribution in [0.3, 0.4) is 0 Å². The van der Waals surface area contributed by atoms with Crippen LogP contribution < -0.4 is 5.32 Å². The van der Waals surface area contributed by atoms with E-state index in [0.717, 1.165) is 8.96 Å². The van der Waals surface area contributed by atoms with Crippen LogP contribution >= 0.6 is 22.6 Å². The second-order valence-electron chi connectivity index (χ2n) is 5.94. The predicted octanol–water partition coefficient (Wildman–Crippen LogP) is 1.96. The fraction of sp³-hybridized carbons (Fsp3) is 0.444. The van der Waals surface area contributed by atoms with Gasteiger partial charge in [-0.25, -0.2) is 4.98 Å². The number of H-pyrrole nitrogens is 1. The Kier molecular flexibility index (Phi) is 7.17. The zero-order valence-electron chi connectivity index (χ0n) is 15.4. The Morgan fingerprint density at radius 3 is 2.41 bits per heavy atom. The van der Waals surface area contributed by atoms with Gasteiger partial charge in [0.25, 0.3) is 0 Å². The Hall–Kier alpha value is -2.17. The van der Waals surface area contributed by atoms with E-state index in [-0.39, 0.29) is 32.1 Å². The van der Waals surface area contributed by atoms with E-state index in [2.05, 4.69) is 37.9 Å². The second kappa shape index (κ2) is 9.16. The van der Waals surface area contributed by atoms with Gasteiger partial charge in [-0.05, 0) is 48.1 Å². The topological polar surface area (TPSA) is 110 Å².